The van der Waals surface area contributed by atoms with Gasteiger partial charge in [-0.15, -0.1) is 5.10 Å². The van der Waals surface area contributed by atoms with E-state index in [0.29, 0.717) is 55.3 Å². The number of ether oxygens (including phenoxy) is 2. The fraction of sp³-hybridized carbons (Fsp3) is 0.478. The van der Waals surface area contributed by atoms with Gasteiger partial charge in [0.15, 0.2) is 17.2 Å². The van der Waals surface area contributed by atoms with Crippen molar-refractivity contribution in [3.05, 3.63) is 89.4 Å². The number of alkyl halides is 3. The number of likely N-dealkylation sites (tertiary alicyclic amines) is 2. The van der Waals surface area contributed by atoms with Crippen molar-refractivity contribution in [2.24, 2.45) is 5.41 Å². The average Bonchev–Trinajstić information content (AvgIpc) is 3.57. The monoisotopic (exact) mass is 866 g/mol. The molecule has 2 aromatic carbocycles. The molecule has 4 aliphatic rings. The first-order chi connectivity index (χ1) is 30.1. The Morgan fingerprint density at radius 1 is 0.984 bits per heavy atom. The molecule has 332 valence electrons. The minimum Gasteiger partial charge on any atom is -0.497 e. The van der Waals surface area contributed by atoms with Gasteiger partial charge in [-0.25, -0.2) is 27.5 Å². The van der Waals surface area contributed by atoms with Gasteiger partial charge in [-0.05, 0) is 94.5 Å². The normalized spacial score (nSPS) is 20.4. The number of piperidine rings is 2. The number of nitrogens with zero attached hydrogens (tertiary/aromatic N) is 9. The van der Waals surface area contributed by atoms with Gasteiger partial charge in [0.1, 0.15) is 17.5 Å². The number of carbonyl (C=O) groups is 2. The summed E-state index contributed by atoms with van der Waals surface area (Å²) in [6, 6.07) is 19.0. The molecule has 0 unspecified atom stereocenters. The van der Waals surface area contributed by atoms with Crippen LogP contribution < -0.4 is 19.9 Å². The highest BCUT2D eigenvalue weighted by Crippen LogP contribution is 2.51. The maximum Gasteiger partial charge on any atom is 0.410 e. The van der Waals surface area contributed by atoms with Crippen LogP contribution in [0.25, 0.3) is 16.9 Å². The lowest BCUT2D eigenvalue weighted by Crippen LogP contribution is -2.59. The Labute approximate surface area is 364 Å². The Morgan fingerprint density at radius 2 is 1.73 bits per heavy atom. The number of halogens is 3. The molecule has 63 heavy (non-hydrogen) atoms. The molecular formula is C46H53F3N10O4. The second kappa shape index (κ2) is 16.3. The summed E-state index contributed by atoms with van der Waals surface area (Å²) in [5.41, 5.74) is 4.86. The van der Waals surface area contributed by atoms with E-state index in [4.69, 9.17) is 14.6 Å². The largest absolute Gasteiger partial charge is 0.497 e. The number of hydrogen-bond acceptors (Lipinski definition) is 11. The van der Waals surface area contributed by atoms with E-state index in [9.17, 15) is 14.0 Å². The fourth-order valence-corrected chi connectivity index (χ4v) is 9.16. The molecule has 3 aromatic heterocycles. The van der Waals surface area contributed by atoms with Gasteiger partial charge in [-0.3, -0.25) is 9.69 Å². The number of hydrogen-bond donors (Lipinski definition) is 1. The van der Waals surface area contributed by atoms with Crippen LogP contribution in [-0.4, -0.2) is 117 Å². The summed E-state index contributed by atoms with van der Waals surface area (Å²) in [5, 5.41) is 16.8. The number of rotatable bonds is 10. The standard InChI is InChI=1S/C46H53F3N10O4/c1-44(2,3)63-43(61)57-21-17-45(18-22-57)16-20-56(28-46(45,48)49)27-30-11-14-35(53-52-30)32-7-6-8-37-33(32)15-19-58(37)40-24-38(55(4)26-29-9-12-31(62-5)13-10-29)41-50-25-39(59(41)54-40)42(60)51-36-23-34(36)47/h6-14,24-25,34,36H,15-23,26-28H2,1-5H3,(H,51,60)/t34-,36+/m0/s1. The zero-order chi connectivity index (χ0) is 44.3. The molecule has 1 N–H and O–H groups in total. The van der Waals surface area contributed by atoms with E-state index in [-0.39, 0.29) is 51.1 Å². The van der Waals surface area contributed by atoms with Crippen LogP contribution >= 0.6 is 0 Å². The van der Waals surface area contributed by atoms with Gasteiger partial charge in [-0.1, -0.05) is 24.3 Å². The van der Waals surface area contributed by atoms with Crippen molar-refractivity contribution in [1.29, 1.82) is 0 Å². The molecule has 0 radical (unpaired) electrons. The van der Waals surface area contributed by atoms with E-state index >= 15 is 8.78 Å². The highest BCUT2D eigenvalue weighted by Gasteiger charge is 2.57. The molecule has 5 aromatic rings. The molecule has 6 heterocycles. The van der Waals surface area contributed by atoms with E-state index in [1.807, 2.05) is 67.7 Å². The summed E-state index contributed by atoms with van der Waals surface area (Å²) in [7, 11) is 3.59. The van der Waals surface area contributed by atoms with Crippen molar-refractivity contribution in [2.45, 2.75) is 89.7 Å². The van der Waals surface area contributed by atoms with Crippen LogP contribution in [0.1, 0.15) is 73.8 Å². The number of anilines is 3. The molecule has 1 spiro atoms. The summed E-state index contributed by atoms with van der Waals surface area (Å²) in [4.78, 5) is 38.1. The first-order valence-corrected chi connectivity index (χ1v) is 21.6. The van der Waals surface area contributed by atoms with Crippen molar-refractivity contribution in [2.75, 3.05) is 56.7 Å². The fourth-order valence-electron chi connectivity index (χ4n) is 9.16. The smallest absolute Gasteiger partial charge is 0.410 e. The summed E-state index contributed by atoms with van der Waals surface area (Å²) in [6.45, 7) is 7.39. The zero-order valence-corrected chi connectivity index (χ0v) is 36.3. The summed E-state index contributed by atoms with van der Waals surface area (Å²) >= 11 is 0. The topological polar surface area (TPSA) is 134 Å². The zero-order valence-electron chi connectivity index (χ0n) is 36.3. The molecular weight excluding hydrogens is 814 g/mol. The molecule has 3 aliphatic heterocycles. The Kier molecular flexibility index (Phi) is 11.0. The van der Waals surface area contributed by atoms with Crippen molar-refractivity contribution in [3.8, 4) is 17.0 Å². The molecule has 0 bridgehead atoms. The number of benzene rings is 2. The van der Waals surface area contributed by atoms with Crippen LogP contribution in [-0.2, 0) is 24.2 Å². The second-order valence-corrected chi connectivity index (χ2v) is 18.3. The molecule has 1 saturated carbocycles. The van der Waals surface area contributed by atoms with E-state index in [2.05, 4.69) is 30.3 Å². The van der Waals surface area contributed by atoms with E-state index in [1.54, 1.807) is 42.2 Å². The number of methoxy groups -OCH3 is 1. The van der Waals surface area contributed by atoms with Crippen LogP contribution in [0.15, 0.2) is 66.9 Å². The van der Waals surface area contributed by atoms with Gasteiger partial charge in [0.05, 0.1) is 43.0 Å². The molecule has 2 saturated heterocycles. The van der Waals surface area contributed by atoms with Crippen LogP contribution in [0.4, 0.5) is 35.2 Å². The highest BCUT2D eigenvalue weighted by atomic mass is 19.3. The number of carbonyl (C=O) groups excluding carboxylic acids is 2. The van der Waals surface area contributed by atoms with Crippen molar-refractivity contribution < 1.29 is 32.2 Å². The molecule has 9 rings (SSSR count). The number of nitrogens with one attached hydrogen (secondary N) is 1. The quantitative estimate of drug-likeness (QED) is 0.153. The minimum absolute atomic E-state index is 0.210. The molecule has 14 nitrogen and oxygen atoms in total. The molecule has 2 atom stereocenters. The number of aromatic nitrogens is 5. The SMILES string of the molecule is COc1ccc(CN(C)c2cc(N3CCc4c(-c5ccc(CN6CCC7(CCN(C(=O)OC(C)(C)C)CC7)C(F)(F)C6)nn5)cccc43)nn3c(C(=O)N[C@@H]4C[C@@H]4F)cnc23)cc1. The van der Waals surface area contributed by atoms with Crippen LogP contribution in [0.2, 0.25) is 0 Å². The number of fused-ring (bicyclic) bond motifs is 2. The molecule has 3 fully saturated rings. The Bertz CT molecular complexity index is 2500. The summed E-state index contributed by atoms with van der Waals surface area (Å²) < 4.78 is 58.1. The van der Waals surface area contributed by atoms with Crippen LogP contribution in [0, 0.1) is 5.41 Å². The van der Waals surface area contributed by atoms with Gasteiger partial charge in [0, 0.05) is 68.9 Å². The summed E-state index contributed by atoms with van der Waals surface area (Å²) in [6.07, 6.45) is 1.74. The van der Waals surface area contributed by atoms with Crippen molar-refractivity contribution >= 4 is 34.8 Å². The molecule has 2 amide bonds. The third-order valence-electron chi connectivity index (χ3n) is 12.8. The lowest BCUT2D eigenvalue weighted by Gasteiger charge is -2.51. The van der Waals surface area contributed by atoms with Crippen LogP contribution in [0.5, 0.6) is 5.75 Å². The summed E-state index contributed by atoms with van der Waals surface area (Å²) in [5.74, 6) is -2.01. The first-order valence-electron chi connectivity index (χ1n) is 21.6. The minimum atomic E-state index is -2.93. The third kappa shape index (κ3) is 8.46. The Balaban J connectivity index is 0.919. The van der Waals surface area contributed by atoms with E-state index < -0.39 is 41.2 Å². The first kappa shape index (κ1) is 42.3. The second-order valence-electron chi connectivity index (χ2n) is 18.3. The maximum absolute atomic E-state index is 16.0. The highest BCUT2D eigenvalue weighted by molar-refractivity contribution is 5.94. The van der Waals surface area contributed by atoms with Gasteiger partial charge in [-0.2, -0.15) is 10.2 Å². The van der Waals surface area contributed by atoms with Crippen LogP contribution in [0.3, 0.4) is 0 Å². The molecule has 1 aliphatic carbocycles. The molecule has 17 heteroatoms. The number of amides is 2. The average molecular weight is 867 g/mol. The van der Waals surface area contributed by atoms with Gasteiger partial charge < -0.3 is 29.5 Å². The lowest BCUT2D eigenvalue weighted by molar-refractivity contribution is -0.188. The number of imidazole rings is 1. The maximum atomic E-state index is 16.0. The predicted octanol–water partition coefficient (Wildman–Crippen LogP) is 7.22. The van der Waals surface area contributed by atoms with Gasteiger partial charge in [0.25, 0.3) is 11.8 Å². The van der Waals surface area contributed by atoms with Gasteiger partial charge >= 0.3 is 6.09 Å². The van der Waals surface area contributed by atoms with Crippen molar-refractivity contribution in [1.82, 2.24) is 39.9 Å². The predicted molar refractivity (Wildman–Crippen MR) is 231 cm³/mol. The van der Waals surface area contributed by atoms with E-state index in [1.165, 1.54) is 6.20 Å². The van der Waals surface area contributed by atoms with E-state index in [0.717, 1.165) is 33.8 Å². The Morgan fingerprint density at radius 3 is 2.40 bits per heavy atom. The lowest BCUT2D eigenvalue weighted by atomic mass is 9.68. The van der Waals surface area contributed by atoms with Crippen molar-refractivity contribution in [3.63, 3.8) is 0 Å². The third-order valence-corrected chi connectivity index (χ3v) is 12.8. The van der Waals surface area contributed by atoms with Gasteiger partial charge in [0.2, 0.25) is 0 Å². The Hall–Kier alpha value is -5.97.